The second kappa shape index (κ2) is 39.3. The Morgan fingerprint density at radius 3 is 1.35 bits per heavy atom. The highest BCUT2D eigenvalue weighted by Crippen LogP contribution is 2.47. The second-order valence-electron chi connectivity index (χ2n) is 17.3. The van der Waals surface area contributed by atoms with Gasteiger partial charge < -0.3 is 39.9 Å². The van der Waals surface area contributed by atoms with Crippen molar-refractivity contribution in [1.29, 1.82) is 0 Å². The molecule has 0 aliphatic heterocycles. The van der Waals surface area contributed by atoms with Crippen LogP contribution in [-0.2, 0) is 32.7 Å². The lowest BCUT2D eigenvalue weighted by atomic mass is 9.85. The zero-order valence-corrected chi connectivity index (χ0v) is 40.0. The van der Waals surface area contributed by atoms with Crippen LogP contribution < -0.4 is 0 Å². The van der Waals surface area contributed by atoms with Gasteiger partial charge in [0, 0.05) is 12.8 Å². The molecule has 0 radical (unpaired) electrons. The summed E-state index contributed by atoms with van der Waals surface area (Å²) in [5, 5.41) is 50.1. The van der Waals surface area contributed by atoms with Crippen LogP contribution in [0.4, 0.5) is 0 Å². The summed E-state index contributed by atoms with van der Waals surface area (Å²) in [6.07, 6.45) is 32.3. The molecule has 14 heteroatoms. The molecule has 0 amide bonds. The van der Waals surface area contributed by atoms with Crippen LogP contribution in [0.25, 0.3) is 0 Å². The molecule has 6 unspecified atom stereocenters. The van der Waals surface area contributed by atoms with E-state index in [0.29, 0.717) is 19.3 Å². The van der Waals surface area contributed by atoms with Crippen LogP contribution in [0.5, 0.6) is 0 Å². The van der Waals surface area contributed by atoms with E-state index >= 15 is 0 Å². The molecule has 8 atom stereocenters. The molecular weight excluding hydrogens is 828 g/mol. The summed E-state index contributed by atoms with van der Waals surface area (Å²) in [6.45, 7) is 3.23. The standard InChI is InChI=1S/C49H89O13P/c1-3-5-7-9-11-13-15-16-17-18-19-20-21-22-23-24-25-26-28-29-31-33-35-37-42(50)59-39-41(61-43(51)38-36-34-32-30-27-14-12-10-8-6-4-2)40-60-63(57,58)62-49-47(55)45(53)44(52)46(54)48(49)56/h10,12,24-25,29,31,41,44-49,52-56H,3-9,11,13-23,26-28,30,32-40H2,1-2H3,(H,57,58)/b12-10+,25-24+,31-29+/t41-,44?,45-,46?,47?,48?,49?/m1/s1. The van der Waals surface area contributed by atoms with Crippen molar-refractivity contribution in [3.05, 3.63) is 36.5 Å². The number of phosphoric acid groups is 1. The third-order valence-corrected chi connectivity index (χ3v) is 12.4. The first-order chi connectivity index (χ1) is 30.4. The lowest BCUT2D eigenvalue weighted by molar-refractivity contribution is -0.220. The van der Waals surface area contributed by atoms with Crippen LogP contribution in [0.3, 0.4) is 0 Å². The molecule has 0 saturated heterocycles. The van der Waals surface area contributed by atoms with Crippen molar-refractivity contribution in [2.45, 2.75) is 249 Å². The number of esters is 2. The summed E-state index contributed by atoms with van der Waals surface area (Å²) in [4.78, 5) is 35.7. The topological polar surface area (TPSA) is 210 Å². The summed E-state index contributed by atoms with van der Waals surface area (Å²) >= 11 is 0. The number of carbonyl (C=O) groups excluding carboxylic acids is 2. The number of phosphoric ester groups is 1. The fraction of sp³-hybridized carbons (Fsp3) is 0.837. The monoisotopic (exact) mass is 917 g/mol. The zero-order chi connectivity index (χ0) is 46.4. The van der Waals surface area contributed by atoms with Crippen molar-refractivity contribution in [3.63, 3.8) is 0 Å². The fourth-order valence-electron chi connectivity index (χ4n) is 7.41. The predicted octanol–water partition coefficient (Wildman–Crippen LogP) is 10.2. The van der Waals surface area contributed by atoms with Crippen molar-refractivity contribution < 1.29 is 63.1 Å². The molecule has 0 bridgehead atoms. The van der Waals surface area contributed by atoms with Crippen molar-refractivity contribution in [1.82, 2.24) is 0 Å². The lowest BCUT2D eigenvalue weighted by Crippen LogP contribution is -2.64. The van der Waals surface area contributed by atoms with Gasteiger partial charge in [0.2, 0.25) is 0 Å². The van der Waals surface area contributed by atoms with Gasteiger partial charge in [-0.15, -0.1) is 0 Å². The minimum Gasteiger partial charge on any atom is -0.462 e. The molecule has 6 N–H and O–H groups in total. The summed E-state index contributed by atoms with van der Waals surface area (Å²) in [7, 11) is -5.13. The van der Waals surface area contributed by atoms with E-state index in [1.807, 2.05) is 6.08 Å². The Bertz CT molecular complexity index is 1240. The maximum Gasteiger partial charge on any atom is 0.472 e. The van der Waals surface area contributed by atoms with Gasteiger partial charge in [0.15, 0.2) is 6.10 Å². The van der Waals surface area contributed by atoms with Crippen LogP contribution in [0.1, 0.15) is 206 Å². The van der Waals surface area contributed by atoms with Crippen molar-refractivity contribution in [3.8, 4) is 0 Å². The molecule has 1 aliphatic rings. The van der Waals surface area contributed by atoms with Crippen molar-refractivity contribution in [2.75, 3.05) is 13.2 Å². The van der Waals surface area contributed by atoms with Gasteiger partial charge in [-0.05, 0) is 64.2 Å². The smallest absolute Gasteiger partial charge is 0.462 e. The van der Waals surface area contributed by atoms with Gasteiger partial charge in [-0.2, -0.15) is 0 Å². The number of hydrogen-bond donors (Lipinski definition) is 6. The number of aliphatic hydroxyl groups is 5. The van der Waals surface area contributed by atoms with E-state index in [4.69, 9.17) is 18.5 Å². The number of allylic oxidation sites excluding steroid dienone is 6. The highest BCUT2D eigenvalue weighted by Gasteiger charge is 2.51. The Morgan fingerprint density at radius 1 is 0.476 bits per heavy atom. The first kappa shape index (κ1) is 59.1. The van der Waals surface area contributed by atoms with Gasteiger partial charge in [-0.3, -0.25) is 18.6 Å². The molecule has 0 heterocycles. The highest BCUT2D eigenvalue weighted by molar-refractivity contribution is 7.47. The molecule has 63 heavy (non-hydrogen) atoms. The molecular formula is C49H89O13P. The average molecular weight is 917 g/mol. The SMILES string of the molecule is CCCC/C=C/CCCCCCCC(=O)O[C@H](COC(=O)CCC/C=C/CC/C=C/CCCCCCCCCCCCCCCC)COP(=O)(O)OC1C(O)C(O)C(O)[C@@H](O)C1O. The molecule has 1 aliphatic carbocycles. The molecule has 368 valence electrons. The third kappa shape index (κ3) is 31.6. The van der Waals surface area contributed by atoms with Gasteiger partial charge in [0.1, 0.15) is 43.2 Å². The Balaban J connectivity index is 2.38. The molecule has 13 nitrogen and oxygen atoms in total. The Labute approximate surface area is 380 Å². The summed E-state index contributed by atoms with van der Waals surface area (Å²) in [5.41, 5.74) is 0. The first-order valence-electron chi connectivity index (χ1n) is 24.8. The van der Waals surface area contributed by atoms with Crippen molar-refractivity contribution >= 4 is 19.8 Å². The van der Waals surface area contributed by atoms with Gasteiger partial charge in [0.05, 0.1) is 6.61 Å². The molecule has 1 saturated carbocycles. The van der Waals surface area contributed by atoms with E-state index in [1.54, 1.807) is 0 Å². The summed E-state index contributed by atoms with van der Waals surface area (Å²) < 4.78 is 33.5. The molecule has 0 aromatic rings. The molecule has 1 fully saturated rings. The number of hydrogen-bond acceptors (Lipinski definition) is 12. The summed E-state index contributed by atoms with van der Waals surface area (Å²) in [6, 6.07) is 0. The first-order valence-corrected chi connectivity index (χ1v) is 26.3. The number of rotatable bonds is 41. The number of carbonyl (C=O) groups is 2. The van der Waals surface area contributed by atoms with Gasteiger partial charge in [-0.1, -0.05) is 166 Å². The quantitative estimate of drug-likeness (QED) is 0.0146. The number of unbranched alkanes of at least 4 members (excludes halogenated alkanes) is 23. The molecule has 1 rings (SSSR count). The maximum atomic E-state index is 12.8. The van der Waals surface area contributed by atoms with E-state index < -0.39 is 75.7 Å². The summed E-state index contributed by atoms with van der Waals surface area (Å²) in [5.74, 6) is -1.16. The Morgan fingerprint density at radius 2 is 0.857 bits per heavy atom. The Kier molecular flexibility index (Phi) is 36.8. The number of aliphatic hydroxyl groups excluding tert-OH is 5. The second-order valence-corrected chi connectivity index (χ2v) is 18.7. The minimum atomic E-state index is -5.13. The maximum absolute atomic E-state index is 12.8. The van der Waals surface area contributed by atoms with E-state index in [9.17, 15) is 44.6 Å². The Hall–Kier alpha value is -1.93. The largest absolute Gasteiger partial charge is 0.472 e. The zero-order valence-electron chi connectivity index (χ0n) is 39.1. The fourth-order valence-corrected chi connectivity index (χ4v) is 8.38. The minimum absolute atomic E-state index is 0.0782. The van der Waals surface area contributed by atoms with E-state index in [1.165, 1.54) is 103 Å². The van der Waals surface area contributed by atoms with Crippen LogP contribution in [0, 0.1) is 0 Å². The third-order valence-electron chi connectivity index (χ3n) is 11.4. The number of ether oxygens (including phenoxy) is 2. The van der Waals surface area contributed by atoms with Gasteiger partial charge >= 0.3 is 19.8 Å². The average Bonchev–Trinajstić information content (AvgIpc) is 3.26. The van der Waals surface area contributed by atoms with Gasteiger partial charge in [-0.25, -0.2) is 4.57 Å². The van der Waals surface area contributed by atoms with Crippen molar-refractivity contribution in [2.24, 2.45) is 0 Å². The van der Waals surface area contributed by atoms with Crippen LogP contribution in [0.2, 0.25) is 0 Å². The van der Waals surface area contributed by atoms with Crippen LogP contribution >= 0.6 is 7.82 Å². The van der Waals surface area contributed by atoms with E-state index in [0.717, 1.165) is 57.8 Å². The lowest BCUT2D eigenvalue weighted by Gasteiger charge is -2.41. The predicted molar refractivity (Wildman–Crippen MR) is 249 cm³/mol. The van der Waals surface area contributed by atoms with Gasteiger partial charge in [0.25, 0.3) is 0 Å². The normalized spacial score (nSPS) is 22.0. The van der Waals surface area contributed by atoms with Crippen LogP contribution in [0.15, 0.2) is 36.5 Å². The molecule has 0 aromatic carbocycles. The van der Waals surface area contributed by atoms with E-state index in [-0.39, 0.29) is 12.8 Å². The van der Waals surface area contributed by atoms with Crippen LogP contribution in [-0.4, -0.2) is 98.3 Å². The highest BCUT2D eigenvalue weighted by atomic mass is 31.2. The molecule has 0 spiro atoms. The molecule has 0 aromatic heterocycles. The van der Waals surface area contributed by atoms with E-state index in [2.05, 4.69) is 44.2 Å².